The van der Waals surface area contributed by atoms with E-state index in [-0.39, 0.29) is 6.42 Å². The number of rotatable bonds is 1. The molecule has 5 heteroatoms. The number of fused-ring (bicyclic) bond motifs is 1. The number of aliphatic hydroxyl groups is 1. The molecule has 2 rings (SSSR count). The molecule has 0 radical (unpaired) electrons. The van der Waals surface area contributed by atoms with Crippen molar-refractivity contribution in [3.8, 4) is 5.75 Å². The van der Waals surface area contributed by atoms with Gasteiger partial charge < -0.3 is 9.84 Å². The third-order valence-corrected chi connectivity index (χ3v) is 3.79. The van der Waals surface area contributed by atoms with Gasteiger partial charge in [0.15, 0.2) is 5.60 Å². The zero-order valence-corrected chi connectivity index (χ0v) is 11.1. The van der Waals surface area contributed by atoms with Crippen LogP contribution in [0.3, 0.4) is 0 Å². The van der Waals surface area contributed by atoms with Gasteiger partial charge in [-0.3, -0.25) is 0 Å². The second kappa shape index (κ2) is 4.13. The summed E-state index contributed by atoms with van der Waals surface area (Å²) >= 11 is 0. The zero-order chi connectivity index (χ0) is 14.5. The van der Waals surface area contributed by atoms with E-state index in [9.17, 15) is 18.3 Å². The number of benzene rings is 1. The van der Waals surface area contributed by atoms with E-state index >= 15 is 0 Å². The zero-order valence-electron chi connectivity index (χ0n) is 11.1. The average molecular weight is 274 g/mol. The number of halogens is 3. The highest BCUT2D eigenvalue weighted by atomic mass is 19.4. The van der Waals surface area contributed by atoms with Crippen molar-refractivity contribution in [1.82, 2.24) is 0 Å². The van der Waals surface area contributed by atoms with Gasteiger partial charge in [-0.05, 0) is 35.1 Å². The third-order valence-electron chi connectivity index (χ3n) is 3.79. The molecule has 1 aromatic carbocycles. The van der Waals surface area contributed by atoms with Crippen molar-refractivity contribution in [2.45, 2.75) is 43.9 Å². The predicted molar refractivity (Wildman–Crippen MR) is 65.3 cm³/mol. The van der Waals surface area contributed by atoms with Crippen molar-refractivity contribution in [3.05, 3.63) is 29.3 Å². The lowest BCUT2D eigenvalue weighted by molar-refractivity contribution is -0.268. The minimum atomic E-state index is -4.63. The molecule has 1 aliphatic carbocycles. The summed E-state index contributed by atoms with van der Waals surface area (Å²) in [5.74, 6) is 0.501. The van der Waals surface area contributed by atoms with Gasteiger partial charge in [-0.1, -0.05) is 19.9 Å². The Morgan fingerprint density at radius 3 is 2.42 bits per heavy atom. The summed E-state index contributed by atoms with van der Waals surface area (Å²) < 4.78 is 44.2. The van der Waals surface area contributed by atoms with Crippen LogP contribution in [0.4, 0.5) is 13.2 Å². The van der Waals surface area contributed by atoms with Crippen molar-refractivity contribution in [2.24, 2.45) is 0 Å². The summed E-state index contributed by atoms with van der Waals surface area (Å²) in [4.78, 5) is 0. The molecule has 0 amide bonds. The number of hydrogen-bond acceptors (Lipinski definition) is 2. The monoisotopic (exact) mass is 274 g/mol. The van der Waals surface area contributed by atoms with Crippen LogP contribution in [0.25, 0.3) is 0 Å². The standard InChI is InChI=1S/C14H17F3O2/c1-12(2)8-13(18,14(15,16)17)7-9-6-10(19-3)4-5-11(9)12/h4-6,18H,7-8H2,1-3H3. The van der Waals surface area contributed by atoms with Gasteiger partial charge >= 0.3 is 6.18 Å². The van der Waals surface area contributed by atoms with Crippen LogP contribution in [-0.2, 0) is 11.8 Å². The van der Waals surface area contributed by atoms with Gasteiger partial charge in [-0.15, -0.1) is 0 Å². The molecule has 0 fully saturated rings. The highest BCUT2D eigenvalue weighted by Gasteiger charge is 2.58. The fraction of sp³-hybridized carbons (Fsp3) is 0.571. The minimum Gasteiger partial charge on any atom is -0.497 e. The highest BCUT2D eigenvalue weighted by molar-refractivity contribution is 5.43. The maximum atomic E-state index is 13.1. The Balaban J connectivity index is 2.53. The van der Waals surface area contributed by atoms with Gasteiger partial charge in [-0.25, -0.2) is 0 Å². The number of ether oxygens (including phenoxy) is 1. The summed E-state index contributed by atoms with van der Waals surface area (Å²) in [5.41, 5.74) is -2.07. The van der Waals surface area contributed by atoms with E-state index in [1.165, 1.54) is 7.11 Å². The molecule has 0 saturated carbocycles. The van der Waals surface area contributed by atoms with Crippen LogP contribution in [0.5, 0.6) is 5.75 Å². The largest absolute Gasteiger partial charge is 0.497 e. The topological polar surface area (TPSA) is 29.5 Å². The fourth-order valence-corrected chi connectivity index (χ4v) is 2.91. The van der Waals surface area contributed by atoms with Gasteiger partial charge in [0, 0.05) is 6.42 Å². The van der Waals surface area contributed by atoms with Gasteiger partial charge in [0.05, 0.1) is 7.11 Å². The third kappa shape index (κ3) is 2.31. The SMILES string of the molecule is COc1ccc2c(c1)CC(O)(C(F)(F)F)CC2(C)C. The van der Waals surface area contributed by atoms with Gasteiger partial charge in [-0.2, -0.15) is 13.2 Å². The maximum absolute atomic E-state index is 13.1. The molecule has 0 saturated heterocycles. The van der Waals surface area contributed by atoms with Crippen LogP contribution < -0.4 is 4.74 Å². The molecule has 0 aromatic heterocycles. The van der Waals surface area contributed by atoms with Gasteiger partial charge in [0.1, 0.15) is 5.75 Å². The van der Waals surface area contributed by atoms with Crippen molar-refractivity contribution in [2.75, 3.05) is 7.11 Å². The van der Waals surface area contributed by atoms with Crippen molar-refractivity contribution < 1.29 is 23.0 Å². The van der Waals surface area contributed by atoms with Crippen LogP contribution in [0.1, 0.15) is 31.4 Å². The molecule has 19 heavy (non-hydrogen) atoms. The first-order valence-electron chi connectivity index (χ1n) is 6.06. The van der Waals surface area contributed by atoms with E-state index in [0.29, 0.717) is 11.3 Å². The molecule has 1 aromatic rings. The lowest BCUT2D eigenvalue weighted by atomic mass is 9.66. The Hall–Kier alpha value is -1.23. The predicted octanol–water partition coefficient (Wildman–Crippen LogP) is 3.21. The molecule has 2 nitrogen and oxygen atoms in total. The van der Waals surface area contributed by atoms with Crippen LogP contribution in [-0.4, -0.2) is 24.0 Å². The summed E-state index contributed by atoms with van der Waals surface area (Å²) in [7, 11) is 1.46. The van der Waals surface area contributed by atoms with Crippen LogP contribution >= 0.6 is 0 Å². The average Bonchev–Trinajstić information content (AvgIpc) is 2.25. The molecule has 1 N–H and O–H groups in total. The van der Waals surface area contributed by atoms with E-state index in [2.05, 4.69) is 0 Å². The van der Waals surface area contributed by atoms with E-state index < -0.39 is 23.6 Å². The first-order chi connectivity index (χ1) is 8.59. The van der Waals surface area contributed by atoms with Crippen molar-refractivity contribution in [3.63, 3.8) is 0 Å². The smallest absolute Gasteiger partial charge is 0.417 e. The van der Waals surface area contributed by atoms with Crippen molar-refractivity contribution >= 4 is 0 Å². The van der Waals surface area contributed by atoms with E-state index in [0.717, 1.165) is 5.56 Å². The molecular weight excluding hydrogens is 257 g/mol. The lowest BCUT2D eigenvalue weighted by Crippen LogP contribution is -2.53. The Morgan fingerprint density at radius 2 is 1.89 bits per heavy atom. The molecule has 1 aliphatic rings. The van der Waals surface area contributed by atoms with Crippen molar-refractivity contribution in [1.29, 1.82) is 0 Å². The Labute approximate surface area is 110 Å². The van der Waals surface area contributed by atoms with Crippen LogP contribution in [0, 0.1) is 0 Å². The second-order valence-corrected chi connectivity index (χ2v) is 5.79. The Kier molecular flexibility index (Phi) is 3.08. The Morgan fingerprint density at radius 1 is 1.26 bits per heavy atom. The molecule has 0 heterocycles. The summed E-state index contributed by atoms with van der Waals surface area (Å²) in [6.07, 6.45) is -5.39. The summed E-state index contributed by atoms with van der Waals surface area (Å²) in [6, 6.07) is 5.09. The lowest BCUT2D eigenvalue weighted by Gasteiger charge is -2.43. The molecule has 1 atom stereocenters. The summed E-state index contributed by atoms with van der Waals surface area (Å²) in [5, 5.41) is 9.99. The van der Waals surface area contributed by atoms with Gasteiger partial charge in [0.25, 0.3) is 0 Å². The first-order valence-corrected chi connectivity index (χ1v) is 6.06. The number of hydrogen-bond donors (Lipinski definition) is 1. The Bertz CT molecular complexity index is 494. The maximum Gasteiger partial charge on any atom is 0.417 e. The van der Waals surface area contributed by atoms with Crippen LogP contribution in [0.15, 0.2) is 18.2 Å². The first kappa shape index (κ1) is 14.2. The van der Waals surface area contributed by atoms with E-state index in [4.69, 9.17) is 4.74 Å². The molecule has 106 valence electrons. The number of alkyl halides is 3. The molecule has 0 aliphatic heterocycles. The molecule has 0 bridgehead atoms. The van der Waals surface area contributed by atoms with E-state index in [1.54, 1.807) is 32.0 Å². The fourth-order valence-electron chi connectivity index (χ4n) is 2.91. The normalized spacial score (nSPS) is 25.8. The van der Waals surface area contributed by atoms with E-state index in [1.807, 2.05) is 0 Å². The quantitative estimate of drug-likeness (QED) is 0.852. The summed E-state index contributed by atoms with van der Waals surface area (Å²) in [6.45, 7) is 3.43. The van der Waals surface area contributed by atoms with Gasteiger partial charge in [0.2, 0.25) is 0 Å². The molecule has 1 unspecified atom stereocenters. The van der Waals surface area contributed by atoms with Crippen LogP contribution in [0.2, 0.25) is 0 Å². The molecule has 0 spiro atoms. The second-order valence-electron chi connectivity index (χ2n) is 5.79. The number of methoxy groups -OCH3 is 1. The minimum absolute atomic E-state index is 0.331. The molecular formula is C14H17F3O2. The highest BCUT2D eigenvalue weighted by Crippen LogP contribution is 2.48.